The van der Waals surface area contributed by atoms with E-state index in [4.69, 9.17) is 10.2 Å². The maximum atomic E-state index is 13.3. The summed E-state index contributed by atoms with van der Waals surface area (Å²) >= 11 is 0. The van der Waals surface area contributed by atoms with Gasteiger partial charge in [0.2, 0.25) is 0 Å². The molecule has 20 heavy (non-hydrogen) atoms. The SMILES string of the molecule is OCC#Cc1cc(F)ccc1CN1CCC(CCO)C1. The van der Waals surface area contributed by atoms with Crippen LogP contribution in [-0.4, -0.2) is 41.4 Å². The lowest BCUT2D eigenvalue weighted by molar-refractivity contribution is 0.249. The lowest BCUT2D eigenvalue weighted by atomic mass is 10.1. The molecule has 1 saturated heterocycles. The standard InChI is InChI=1S/C16H20FNO2/c17-16-4-3-15(14(10-16)2-1-8-19)12-18-7-5-13(11-18)6-9-20/h3-4,10,13,19-20H,5-9,11-12H2. The number of benzene rings is 1. The molecule has 1 fully saturated rings. The first-order valence-electron chi connectivity index (χ1n) is 6.94. The maximum absolute atomic E-state index is 13.3. The second-order valence-electron chi connectivity index (χ2n) is 5.16. The average Bonchev–Trinajstić information content (AvgIpc) is 2.87. The normalized spacial score (nSPS) is 18.9. The summed E-state index contributed by atoms with van der Waals surface area (Å²) in [4.78, 5) is 2.30. The van der Waals surface area contributed by atoms with Crippen LogP contribution in [0.15, 0.2) is 18.2 Å². The zero-order valence-electron chi connectivity index (χ0n) is 11.5. The molecule has 0 aliphatic carbocycles. The molecule has 0 amide bonds. The van der Waals surface area contributed by atoms with Crippen LogP contribution in [0.4, 0.5) is 4.39 Å². The fraction of sp³-hybridized carbons (Fsp3) is 0.500. The average molecular weight is 277 g/mol. The monoisotopic (exact) mass is 277 g/mol. The third kappa shape index (κ3) is 4.04. The van der Waals surface area contributed by atoms with Gasteiger partial charge in [0, 0.05) is 25.3 Å². The Bertz CT molecular complexity index is 507. The zero-order valence-corrected chi connectivity index (χ0v) is 11.5. The number of halogens is 1. The van der Waals surface area contributed by atoms with E-state index < -0.39 is 0 Å². The maximum Gasteiger partial charge on any atom is 0.124 e. The van der Waals surface area contributed by atoms with Crippen LogP contribution in [-0.2, 0) is 6.54 Å². The van der Waals surface area contributed by atoms with Crippen molar-refractivity contribution in [3.8, 4) is 11.8 Å². The Balaban J connectivity index is 2.06. The predicted octanol–water partition coefficient (Wildman–Crippen LogP) is 1.37. The highest BCUT2D eigenvalue weighted by Crippen LogP contribution is 2.22. The van der Waals surface area contributed by atoms with Gasteiger partial charge in [-0.05, 0) is 43.0 Å². The van der Waals surface area contributed by atoms with Gasteiger partial charge in [0.15, 0.2) is 0 Å². The molecule has 0 saturated carbocycles. The molecule has 0 spiro atoms. The third-order valence-electron chi connectivity index (χ3n) is 3.68. The van der Waals surface area contributed by atoms with Gasteiger partial charge < -0.3 is 10.2 Å². The predicted molar refractivity (Wildman–Crippen MR) is 75.5 cm³/mol. The summed E-state index contributed by atoms with van der Waals surface area (Å²) in [5.74, 6) is 5.62. The molecule has 3 nitrogen and oxygen atoms in total. The number of aliphatic hydroxyl groups is 2. The van der Waals surface area contributed by atoms with Crippen LogP contribution in [0, 0.1) is 23.6 Å². The van der Waals surface area contributed by atoms with Gasteiger partial charge in [-0.2, -0.15) is 0 Å². The molecule has 4 heteroatoms. The highest BCUT2D eigenvalue weighted by atomic mass is 19.1. The van der Waals surface area contributed by atoms with Crippen molar-refractivity contribution in [3.05, 3.63) is 35.1 Å². The third-order valence-corrected chi connectivity index (χ3v) is 3.68. The zero-order chi connectivity index (χ0) is 14.4. The first kappa shape index (κ1) is 15.0. The quantitative estimate of drug-likeness (QED) is 0.817. The molecule has 108 valence electrons. The summed E-state index contributed by atoms with van der Waals surface area (Å²) in [6.45, 7) is 2.71. The summed E-state index contributed by atoms with van der Waals surface area (Å²) < 4.78 is 13.3. The van der Waals surface area contributed by atoms with Crippen molar-refractivity contribution in [2.75, 3.05) is 26.3 Å². The summed E-state index contributed by atoms with van der Waals surface area (Å²) in [5, 5.41) is 17.7. The molecule has 1 aromatic rings. The van der Waals surface area contributed by atoms with E-state index in [-0.39, 0.29) is 19.0 Å². The smallest absolute Gasteiger partial charge is 0.124 e. The van der Waals surface area contributed by atoms with Crippen LogP contribution in [0.5, 0.6) is 0 Å². The minimum Gasteiger partial charge on any atom is -0.396 e. The molecule has 1 atom stereocenters. The number of rotatable bonds is 4. The first-order chi connectivity index (χ1) is 9.72. The van der Waals surface area contributed by atoms with Crippen molar-refractivity contribution in [1.29, 1.82) is 0 Å². The number of likely N-dealkylation sites (tertiary alicyclic amines) is 1. The Morgan fingerprint density at radius 2 is 2.20 bits per heavy atom. The summed E-state index contributed by atoms with van der Waals surface area (Å²) in [6, 6.07) is 4.62. The first-order valence-corrected chi connectivity index (χ1v) is 6.94. The van der Waals surface area contributed by atoms with Crippen molar-refractivity contribution in [1.82, 2.24) is 4.90 Å². The molecule has 1 aromatic carbocycles. The van der Waals surface area contributed by atoms with Crippen molar-refractivity contribution in [2.45, 2.75) is 19.4 Å². The Morgan fingerprint density at radius 3 is 2.95 bits per heavy atom. The van der Waals surface area contributed by atoms with Gasteiger partial charge in [-0.1, -0.05) is 17.9 Å². The second-order valence-corrected chi connectivity index (χ2v) is 5.16. The van der Waals surface area contributed by atoms with Gasteiger partial charge >= 0.3 is 0 Å². The van der Waals surface area contributed by atoms with Crippen LogP contribution in [0.25, 0.3) is 0 Å². The molecule has 0 radical (unpaired) electrons. The van der Waals surface area contributed by atoms with E-state index in [1.807, 2.05) is 0 Å². The van der Waals surface area contributed by atoms with Crippen molar-refractivity contribution in [3.63, 3.8) is 0 Å². The molecule has 1 heterocycles. The Hall–Kier alpha value is -1.41. The summed E-state index contributed by atoms with van der Waals surface area (Å²) in [5.41, 5.74) is 1.63. The van der Waals surface area contributed by atoms with E-state index in [2.05, 4.69) is 16.7 Å². The molecule has 1 aliphatic heterocycles. The van der Waals surface area contributed by atoms with Gasteiger partial charge in [-0.3, -0.25) is 4.90 Å². The van der Waals surface area contributed by atoms with E-state index in [9.17, 15) is 4.39 Å². The summed E-state index contributed by atoms with van der Waals surface area (Å²) in [7, 11) is 0. The molecule has 1 aliphatic rings. The fourth-order valence-electron chi connectivity index (χ4n) is 2.65. The molecule has 2 rings (SSSR count). The highest BCUT2D eigenvalue weighted by Gasteiger charge is 2.22. The Labute approximate surface area is 119 Å². The number of aliphatic hydroxyl groups excluding tert-OH is 2. The van der Waals surface area contributed by atoms with Crippen molar-refractivity contribution in [2.24, 2.45) is 5.92 Å². The fourth-order valence-corrected chi connectivity index (χ4v) is 2.65. The van der Waals surface area contributed by atoms with E-state index in [0.717, 1.165) is 38.0 Å². The largest absolute Gasteiger partial charge is 0.396 e. The van der Waals surface area contributed by atoms with Gasteiger partial charge in [-0.25, -0.2) is 4.39 Å². The minimum atomic E-state index is -0.310. The molecule has 0 aromatic heterocycles. The van der Waals surface area contributed by atoms with E-state index in [1.165, 1.54) is 12.1 Å². The lowest BCUT2D eigenvalue weighted by Crippen LogP contribution is -2.21. The van der Waals surface area contributed by atoms with E-state index in [1.54, 1.807) is 6.07 Å². The number of nitrogens with zero attached hydrogens (tertiary/aromatic N) is 1. The van der Waals surface area contributed by atoms with Crippen LogP contribution >= 0.6 is 0 Å². The minimum absolute atomic E-state index is 0.224. The Kier molecular flexibility index (Phi) is 5.54. The van der Waals surface area contributed by atoms with Gasteiger partial charge in [0.1, 0.15) is 12.4 Å². The molecule has 2 N–H and O–H groups in total. The van der Waals surface area contributed by atoms with Gasteiger partial charge in [-0.15, -0.1) is 0 Å². The van der Waals surface area contributed by atoms with E-state index in [0.29, 0.717) is 11.5 Å². The lowest BCUT2D eigenvalue weighted by Gasteiger charge is -2.17. The molecular weight excluding hydrogens is 257 g/mol. The van der Waals surface area contributed by atoms with Crippen LogP contribution in [0.3, 0.4) is 0 Å². The topological polar surface area (TPSA) is 43.7 Å². The van der Waals surface area contributed by atoms with Crippen LogP contribution in [0.1, 0.15) is 24.0 Å². The van der Waals surface area contributed by atoms with Crippen LogP contribution in [0.2, 0.25) is 0 Å². The molecule has 1 unspecified atom stereocenters. The van der Waals surface area contributed by atoms with Gasteiger partial charge in [0.05, 0.1) is 0 Å². The second kappa shape index (κ2) is 7.39. The number of hydrogen-bond donors (Lipinski definition) is 2. The number of hydrogen-bond acceptors (Lipinski definition) is 3. The van der Waals surface area contributed by atoms with Crippen molar-refractivity contribution < 1.29 is 14.6 Å². The van der Waals surface area contributed by atoms with Crippen LogP contribution < -0.4 is 0 Å². The van der Waals surface area contributed by atoms with Gasteiger partial charge in [0.25, 0.3) is 0 Å². The highest BCUT2D eigenvalue weighted by molar-refractivity contribution is 5.41. The summed E-state index contributed by atoms with van der Waals surface area (Å²) in [6.07, 6.45) is 1.94. The van der Waals surface area contributed by atoms with Crippen molar-refractivity contribution >= 4 is 0 Å². The molecule has 0 bridgehead atoms. The van der Waals surface area contributed by atoms with E-state index >= 15 is 0 Å². The molecular formula is C16H20FNO2. The Morgan fingerprint density at radius 1 is 1.35 bits per heavy atom.